The molecule has 0 atom stereocenters. The molecule has 3 aromatic carbocycles. The van der Waals surface area contributed by atoms with Gasteiger partial charge in [0.05, 0.1) is 0 Å². The minimum absolute atomic E-state index is 0.0490. The molecule has 0 aromatic heterocycles. The summed E-state index contributed by atoms with van der Waals surface area (Å²) in [4.78, 5) is 35.8. The first-order valence-corrected chi connectivity index (χ1v) is 9.88. The van der Waals surface area contributed by atoms with Crippen LogP contribution in [0.15, 0.2) is 66.7 Å². The number of fused-ring (bicyclic) bond motifs is 1. The number of nitrogens with one attached hydrogen (secondary N) is 2. The number of hydrogen-bond donors (Lipinski definition) is 2. The van der Waals surface area contributed by atoms with Gasteiger partial charge < -0.3 is 15.4 Å². The standard InChI is InChI=1S/C23H21ClN2O4/c24-17-8-4-9-18(14-17)25-22(28)15-30-23(29)13-5-12-21(27)26-20-11-3-7-16-6-1-2-10-19(16)20/h1-4,6-11,14H,5,12-13,15H2,(H,25,28)(H,26,27). The van der Waals surface area contributed by atoms with E-state index in [4.69, 9.17) is 16.3 Å². The van der Waals surface area contributed by atoms with E-state index in [0.29, 0.717) is 17.1 Å². The molecule has 3 aromatic rings. The maximum atomic E-state index is 12.2. The number of carbonyl (C=O) groups excluding carboxylic acids is 3. The van der Waals surface area contributed by atoms with Gasteiger partial charge in [-0.05, 0) is 36.1 Å². The Kier molecular flexibility index (Phi) is 7.40. The maximum Gasteiger partial charge on any atom is 0.306 e. The summed E-state index contributed by atoms with van der Waals surface area (Å²) in [6.07, 6.45) is 0.547. The molecule has 0 aliphatic rings. The van der Waals surface area contributed by atoms with Crippen molar-refractivity contribution >= 4 is 51.5 Å². The highest BCUT2D eigenvalue weighted by molar-refractivity contribution is 6.30. The second kappa shape index (κ2) is 10.4. The van der Waals surface area contributed by atoms with Crippen molar-refractivity contribution in [2.24, 2.45) is 0 Å². The van der Waals surface area contributed by atoms with Crippen LogP contribution in [-0.4, -0.2) is 24.4 Å². The fourth-order valence-corrected chi connectivity index (χ4v) is 3.11. The molecule has 0 saturated carbocycles. The Hall–Kier alpha value is -3.38. The monoisotopic (exact) mass is 424 g/mol. The molecule has 3 rings (SSSR count). The first kappa shape index (κ1) is 21.3. The third-order valence-corrected chi connectivity index (χ3v) is 4.56. The largest absolute Gasteiger partial charge is 0.456 e. The van der Waals surface area contributed by atoms with E-state index in [2.05, 4.69) is 10.6 Å². The van der Waals surface area contributed by atoms with Gasteiger partial charge in [0.15, 0.2) is 6.61 Å². The molecule has 0 aliphatic carbocycles. The predicted octanol–water partition coefficient (Wildman–Crippen LogP) is 4.78. The van der Waals surface area contributed by atoms with Gasteiger partial charge in [0.25, 0.3) is 5.91 Å². The van der Waals surface area contributed by atoms with Crippen molar-refractivity contribution in [2.75, 3.05) is 17.2 Å². The highest BCUT2D eigenvalue weighted by Gasteiger charge is 2.10. The highest BCUT2D eigenvalue weighted by Crippen LogP contribution is 2.23. The zero-order valence-corrected chi connectivity index (χ0v) is 16.9. The summed E-state index contributed by atoms with van der Waals surface area (Å²) >= 11 is 5.85. The first-order chi connectivity index (χ1) is 14.5. The Morgan fingerprint density at radius 1 is 0.833 bits per heavy atom. The van der Waals surface area contributed by atoms with Gasteiger partial charge in [-0.15, -0.1) is 0 Å². The molecular formula is C23H21ClN2O4. The van der Waals surface area contributed by atoms with Gasteiger partial charge in [-0.2, -0.15) is 0 Å². The quantitative estimate of drug-likeness (QED) is 0.509. The normalized spacial score (nSPS) is 10.4. The molecule has 0 unspecified atom stereocenters. The number of rotatable bonds is 8. The lowest BCUT2D eigenvalue weighted by atomic mass is 10.1. The smallest absolute Gasteiger partial charge is 0.306 e. The third-order valence-electron chi connectivity index (χ3n) is 4.32. The second-order valence-corrected chi connectivity index (χ2v) is 7.08. The molecule has 0 radical (unpaired) electrons. The molecule has 0 heterocycles. The van der Waals surface area contributed by atoms with Gasteiger partial charge >= 0.3 is 5.97 Å². The van der Waals surface area contributed by atoms with Crippen LogP contribution in [0, 0.1) is 0 Å². The van der Waals surface area contributed by atoms with Gasteiger partial charge in [0, 0.05) is 34.6 Å². The number of ether oxygens (including phenoxy) is 1. The van der Waals surface area contributed by atoms with E-state index >= 15 is 0 Å². The molecule has 2 amide bonds. The molecule has 0 aliphatic heterocycles. The van der Waals surface area contributed by atoms with Gasteiger partial charge in [-0.1, -0.05) is 54.1 Å². The fraction of sp³-hybridized carbons (Fsp3) is 0.174. The van der Waals surface area contributed by atoms with Crippen LogP contribution in [0.1, 0.15) is 19.3 Å². The van der Waals surface area contributed by atoms with E-state index in [1.165, 1.54) is 0 Å². The molecular weight excluding hydrogens is 404 g/mol. The summed E-state index contributed by atoms with van der Waals surface area (Å²) in [5.41, 5.74) is 1.26. The van der Waals surface area contributed by atoms with Crippen LogP contribution in [-0.2, 0) is 19.1 Å². The summed E-state index contributed by atoms with van der Waals surface area (Å²) in [6.45, 7) is -0.395. The fourth-order valence-electron chi connectivity index (χ4n) is 2.92. The van der Waals surface area contributed by atoms with Gasteiger partial charge in [-0.25, -0.2) is 0 Å². The van der Waals surface area contributed by atoms with Crippen LogP contribution >= 0.6 is 11.6 Å². The number of anilines is 2. The summed E-state index contributed by atoms with van der Waals surface area (Å²) in [5, 5.41) is 7.95. The third kappa shape index (κ3) is 6.32. The van der Waals surface area contributed by atoms with E-state index in [0.717, 1.165) is 16.5 Å². The molecule has 6 nitrogen and oxygen atoms in total. The maximum absolute atomic E-state index is 12.2. The second-order valence-electron chi connectivity index (χ2n) is 6.65. The molecule has 0 bridgehead atoms. The van der Waals surface area contributed by atoms with E-state index in [1.807, 2.05) is 42.5 Å². The van der Waals surface area contributed by atoms with Crippen LogP contribution in [0.5, 0.6) is 0 Å². The Bertz CT molecular complexity index is 1060. The van der Waals surface area contributed by atoms with Crippen molar-refractivity contribution in [1.82, 2.24) is 0 Å². The zero-order chi connectivity index (χ0) is 21.3. The number of carbonyl (C=O) groups is 3. The molecule has 0 fully saturated rings. The summed E-state index contributed by atoms with van der Waals surface area (Å²) in [7, 11) is 0. The van der Waals surface area contributed by atoms with Crippen LogP contribution in [0.2, 0.25) is 5.02 Å². The molecule has 30 heavy (non-hydrogen) atoms. The average molecular weight is 425 g/mol. The topological polar surface area (TPSA) is 84.5 Å². The van der Waals surface area contributed by atoms with Gasteiger partial charge in [-0.3, -0.25) is 14.4 Å². The van der Waals surface area contributed by atoms with Crippen LogP contribution < -0.4 is 10.6 Å². The Morgan fingerprint density at radius 3 is 2.43 bits per heavy atom. The van der Waals surface area contributed by atoms with Gasteiger partial charge in [0.1, 0.15) is 0 Å². The van der Waals surface area contributed by atoms with E-state index < -0.39 is 18.5 Å². The van der Waals surface area contributed by atoms with Crippen LogP contribution in [0.3, 0.4) is 0 Å². The minimum Gasteiger partial charge on any atom is -0.456 e. The minimum atomic E-state index is -0.533. The van der Waals surface area contributed by atoms with Crippen molar-refractivity contribution in [3.63, 3.8) is 0 Å². The predicted molar refractivity (Wildman–Crippen MR) is 117 cm³/mol. The van der Waals surface area contributed by atoms with Crippen molar-refractivity contribution in [3.8, 4) is 0 Å². The lowest BCUT2D eigenvalue weighted by Gasteiger charge is -2.09. The lowest BCUT2D eigenvalue weighted by molar-refractivity contribution is -0.147. The zero-order valence-electron chi connectivity index (χ0n) is 16.2. The van der Waals surface area contributed by atoms with Crippen molar-refractivity contribution in [1.29, 1.82) is 0 Å². The highest BCUT2D eigenvalue weighted by atomic mass is 35.5. The molecule has 0 saturated heterocycles. The number of benzene rings is 3. The summed E-state index contributed by atoms with van der Waals surface area (Å²) < 4.78 is 4.95. The molecule has 154 valence electrons. The van der Waals surface area contributed by atoms with Gasteiger partial charge in [0.2, 0.25) is 5.91 Å². The average Bonchev–Trinajstić information content (AvgIpc) is 2.72. The van der Waals surface area contributed by atoms with Crippen molar-refractivity contribution < 1.29 is 19.1 Å². The molecule has 7 heteroatoms. The van der Waals surface area contributed by atoms with Crippen molar-refractivity contribution in [3.05, 3.63) is 71.8 Å². The first-order valence-electron chi connectivity index (χ1n) is 9.50. The Morgan fingerprint density at radius 2 is 1.60 bits per heavy atom. The summed E-state index contributed by atoms with van der Waals surface area (Å²) in [6, 6.07) is 20.1. The van der Waals surface area contributed by atoms with Crippen LogP contribution in [0.25, 0.3) is 10.8 Å². The number of halogens is 1. The SMILES string of the molecule is O=C(COC(=O)CCCC(=O)Nc1cccc2ccccc12)Nc1cccc(Cl)c1. The Labute approximate surface area is 179 Å². The number of esters is 1. The lowest BCUT2D eigenvalue weighted by Crippen LogP contribution is -2.21. The molecule has 2 N–H and O–H groups in total. The summed E-state index contributed by atoms with van der Waals surface area (Å²) in [5.74, 6) is -1.17. The van der Waals surface area contributed by atoms with E-state index in [1.54, 1.807) is 24.3 Å². The van der Waals surface area contributed by atoms with E-state index in [9.17, 15) is 14.4 Å². The van der Waals surface area contributed by atoms with Crippen LogP contribution in [0.4, 0.5) is 11.4 Å². The Balaban J connectivity index is 1.37. The molecule has 0 spiro atoms. The van der Waals surface area contributed by atoms with E-state index in [-0.39, 0.29) is 18.7 Å². The number of amides is 2. The van der Waals surface area contributed by atoms with Crippen molar-refractivity contribution in [2.45, 2.75) is 19.3 Å². The number of hydrogen-bond acceptors (Lipinski definition) is 4.